The van der Waals surface area contributed by atoms with Crippen molar-refractivity contribution >= 4 is 6.21 Å². The molecule has 0 radical (unpaired) electrons. The number of nitrogens with one attached hydrogen (secondary N) is 2. The van der Waals surface area contributed by atoms with Gasteiger partial charge in [-0.2, -0.15) is 5.26 Å². The maximum Gasteiger partial charge on any atom is 0.0635 e. The summed E-state index contributed by atoms with van der Waals surface area (Å²) in [6.45, 7) is 3.84. The molecular formula is C17H28N4O. The van der Waals surface area contributed by atoms with E-state index in [4.69, 9.17) is 15.4 Å². The average Bonchev–Trinajstić information content (AvgIpc) is 2.87. The van der Waals surface area contributed by atoms with E-state index in [-0.39, 0.29) is 0 Å². The summed E-state index contributed by atoms with van der Waals surface area (Å²) < 4.78 is 5.99. The minimum atomic E-state index is 0.382. The smallest absolute Gasteiger partial charge is 0.0635 e. The summed E-state index contributed by atoms with van der Waals surface area (Å²) in [4.78, 5) is 2.64. The molecule has 0 bridgehead atoms. The summed E-state index contributed by atoms with van der Waals surface area (Å²) in [5.74, 6) is 1.52. The van der Waals surface area contributed by atoms with E-state index in [0.29, 0.717) is 31.2 Å². The zero-order chi connectivity index (χ0) is 15.4. The molecule has 5 heteroatoms. The Labute approximate surface area is 133 Å². The molecule has 2 saturated heterocycles. The van der Waals surface area contributed by atoms with E-state index in [1.165, 1.54) is 25.5 Å². The van der Waals surface area contributed by atoms with Gasteiger partial charge in [0.15, 0.2) is 0 Å². The number of fused-ring (bicyclic) bond motifs is 3. The molecule has 22 heavy (non-hydrogen) atoms. The normalized spacial score (nSPS) is 38.0. The van der Waals surface area contributed by atoms with E-state index < -0.39 is 0 Å². The molecule has 0 aromatic rings. The molecule has 0 aromatic carbocycles. The highest BCUT2D eigenvalue weighted by molar-refractivity contribution is 5.52. The van der Waals surface area contributed by atoms with Crippen LogP contribution in [0.3, 0.4) is 0 Å². The SMILES string of the molecule is N#CCCN1C2CCC(OCCC=N)CC2C2CCNCC21. The number of hydrogen-bond donors (Lipinski definition) is 2. The molecule has 122 valence electrons. The van der Waals surface area contributed by atoms with Gasteiger partial charge in [0.25, 0.3) is 0 Å². The Balaban J connectivity index is 1.64. The second-order valence-electron chi connectivity index (χ2n) is 6.90. The van der Waals surface area contributed by atoms with Gasteiger partial charge in [-0.15, -0.1) is 0 Å². The van der Waals surface area contributed by atoms with Gasteiger partial charge in [0.2, 0.25) is 0 Å². The van der Waals surface area contributed by atoms with Gasteiger partial charge >= 0.3 is 0 Å². The number of hydrogen-bond acceptors (Lipinski definition) is 5. The summed E-state index contributed by atoms with van der Waals surface area (Å²) in [5, 5.41) is 19.6. The molecular weight excluding hydrogens is 276 g/mol. The van der Waals surface area contributed by atoms with Gasteiger partial charge in [-0.05, 0) is 50.3 Å². The quantitative estimate of drug-likeness (QED) is 0.579. The van der Waals surface area contributed by atoms with Crippen LogP contribution in [-0.2, 0) is 4.74 Å². The van der Waals surface area contributed by atoms with Crippen molar-refractivity contribution in [2.75, 3.05) is 26.2 Å². The Kier molecular flexibility index (Phi) is 5.46. The third-order valence-corrected chi connectivity index (χ3v) is 5.82. The lowest BCUT2D eigenvalue weighted by atomic mass is 9.75. The molecule has 0 amide bonds. The van der Waals surface area contributed by atoms with Crippen molar-refractivity contribution in [2.24, 2.45) is 11.8 Å². The highest BCUT2D eigenvalue weighted by Gasteiger charge is 2.50. The van der Waals surface area contributed by atoms with E-state index in [0.717, 1.165) is 44.3 Å². The molecule has 1 saturated carbocycles. The van der Waals surface area contributed by atoms with Crippen LogP contribution in [0, 0.1) is 28.6 Å². The molecule has 3 aliphatic rings. The number of ether oxygens (including phenoxy) is 1. The fourth-order valence-electron chi connectivity index (χ4n) is 4.95. The molecule has 2 N–H and O–H groups in total. The van der Waals surface area contributed by atoms with Crippen LogP contribution in [0.5, 0.6) is 0 Å². The van der Waals surface area contributed by atoms with Crippen LogP contribution in [0.25, 0.3) is 0 Å². The number of piperidine rings is 1. The van der Waals surface area contributed by atoms with Crippen molar-refractivity contribution in [3.8, 4) is 6.07 Å². The van der Waals surface area contributed by atoms with Crippen molar-refractivity contribution in [1.29, 1.82) is 10.7 Å². The zero-order valence-corrected chi connectivity index (χ0v) is 13.3. The van der Waals surface area contributed by atoms with Crippen LogP contribution < -0.4 is 5.32 Å². The number of likely N-dealkylation sites (tertiary alicyclic amines) is 1. The molecule has 0 spiro atoms. The largest absolute Gasteiger partial charge is 0.378 e. The highest BCUT2D eigenvalue weighted by atomic mass is 16.5. The van der Waals surface area contributed by atoms with Crippen LogP contribution >= 0.6 is 0 Å². The summed E-state index contributed by atoms with van der Waals surface area (Å²) in [7, 11) is 0. The second kappa shape index (κ2) is 7.54. The lowest BCUT2D eigenvalue weighted by Crippen LogP contribution is -2.47. The van der Waals surface area contributed by atoms with Crippen molar-refractivity contribution < 1.29 is 4.74 Å². The maximum absolute atomic E-state index is 8.95. The third kappa shape index (κ3) is 3.19. The lowest BCUT2D eigenvalue weighted by Gasteiger charge is -2.36. The van der Waals surface area contributed by atoms with Crippen LogP contribution in [0.1, 0.15) is 38.5 Å². The van der Waals surface area contributed by atoms with Crippen molar-refractivity contribution in [3.63, 3.8) is 0 Å². The van der Waals surface area contributed by atoms with Gasteiger partial charge in [-0.25, -0.2) is 0 Å². The Hall–Kier alpha value is -0.960. The van der Waals surface area contributed by atoms with Gasteiger partial charge in [-0.3, -0.25) is 4.90 Å². The third-order valence-electron chi connectivity index (χ3n) is 5.82. The van der Waals surface area contributed by atoms with Crippen LogP contribution in [0.15, 0.2) is 0 Å². The van der Waals surface area contributed by atoms with Crippen LogP contribution in [0.2, 0.25) is 0 Å². The Morgan fingerprint density at radius 1 is 1.27 bits per heavy atom. The van der Waals surface area contributed by atoms with Crippen molar-refractivity contribution in [2.45, 2.75) is 56.7 Å². The first-order chi connectivity index (χ1) is 10.8. The van der Waals surface area contributed by atoms with Crippen LogP contribution in [-0.4, -0.2) is 55.5 Å². The summed E-state index contributed by atoms with van der Waals surface area (Å²) in [6.07, 6.45) is 7.98. The molecule has 0 aromatic heterocycles. The van der Waals surface area contributed by atoms with Gasteiger partial charge in [-0.1, -0.05) is 0 Å². The van der Waals surface area contributed by atoms with Gasteiger partial charge in [0, 0.05) is 38.0 Å². The highest BCUT2D eigenvalue weighted by Crippen LogP contribution is 2.46. The monoisotopic (exact) mass is 304 g/mol. The van der Waals surface area contributed by atoms with Crippen molar-refractivity contribution in [1.82, 2.24) is 10.2 Å². The first kappa shape index (κ1) is 15.9. The van der Waals surface area contributed by atoms with Gasteiger partial charge < -0.3 is 15.5 Å². The summed E-state index contributed by atoms with van der Waals surface area (Å²) in [6, 6.07) is 3.60. The molecule has 2 aliphatic heterocycles. The summed E-state index contributed by atoms with van der Waals surface area (Å²) in [5.41, 5.74) is 0. The minimum Gasteiger partial charge on any atom is -0.378 e. The topological polar surface area (TPSA) is 72.1 Å². The predicted molar refractivity (Wildman–Crippen MR) is 86.0 cm³/mol. The number of nitrogens with zero attached hydrogens (tertiary/aromatic N) is 2. The van der Waals surface area contributed by atoms with E-state index in [1.54, 1.807) is 0 Å². The molecule has 3 fully saturated rings. The minimum absolute atomic E-state index is 0.382. The Morgan fingerprint density at radius 2 is 2.18 bits per heavy atom. The molecule has 5 atom stereocenters. The van der Waals surface area contributed by atoms with E-state index in [9.17, 15) is 0 Å². The Bertz CT molecular complexity index is 421. The molecule has 2 heterocycles. The van der Waals surface area contributed by atoms with Crippen molar-refractivity contribution in [3.05, 3.63) is 0 Å². The summed E-state index contributed by atoms with van der Waals surface area (Å²) >= 11 is 0. The standard InChI is InChI=1S/C17H28N4O/c18-6-1-9-21-16-4-3-13(22-10-2-7-19)11-15(16)14-5-8-20-12-17(14)21/h7,13-17,19-20H,1-5,8-12H2. The molecule has 5 unspecified atom stereocenters. The molecule has 1 aliphatic carbocycles. The van der Waals surface area contributed by atoms with E-state index in [1.807, 2.05) is 0 Å². The molecule has 5 nitrogen and oxygen atoms in total. The van der Waals surface area contributed by atoms with Gasteiger partial charge in [0.1, 0.15) is 0 Å². The van der Waals surface area contributed by atoms with E-state index >= 15 is 0 Å². The fourth-order valence-corrected chi connectivity index (χ4v) is 4.95. The second-order valence-corrected chi connectivity index (χ2v) is 6.90. The molecule has 3 rings (SSSR count). The zero-order valence-electron chi connectivity index (χ0n) is 13.3. The first-order valence-electron chi connectivity index (χ1n) is 8.79. The van der Waals surface area contributed by atoms with E-state index in [2.05, 4.69) is 16.3 Å². The fraction of sp³-hybridized carbons (Fsp3) is 0.882. The predicted octanol–water partition coefficient (Wildman–Crippen LogP) is 1.79. The average molecular weight is 304 g/mol. The van der Waals surface area contributed by atoms with Gasteiger partial charge in [0.05, 0.1) is 18.8 Å². The lowest BCUT2D eigenvalue weighted by molar-refractivity contribution is -0.00134. The number of rotatable bonds is 6. The number of nitriles is 1. The maximum atomic E-state index is 8.95. The van der Waals surface area contributed by atoms with Crippen LogP contribution in [0.4, 0.5) is 0 Å². The first-order valence-corrected chi connectivity index (χ1v) is 8.79. The Morgan fingerprint density at radius 3 is 3.00 bits per heavy atom.